The number of piperidine rings is 1. The van der Waals surface area contributed by atoms with Crippen LogP contribution in [0.4, 0.5) is 0 Å². The lowest BCUT2D eigenvalue weighted by Gasteiger charge is -2.39. The van der Waals surface area contributed by atoms with Gasteiger partial charge in [-0.1, -0.05) is 13.0 Å². The topological polar surface area (TPSA) is 65.0 Å². The van der Waals surface area contributed by atoms with E-state index in [2.05, 4.69) is 46.5 Å². The zero-order valence-electron chi connectivity index (χ0n) is 18.2. The molecular formula is C21H36N4O2S2. The molecule has 6 nitrogen and oxygen atoms in total. The molecule has 0 aromatic carbocycles. The van der Waals surface area contributed by atoms with Gasteiger partial charge in [-0.25, -0.2) is 8.42 Å². The minimum absolute atomic E-state index is 0.183. The standard InChI is InChI=1S/C21H36N4O2S2/c1-5-22-20(25-12-14-29(26,27)21(3,4)16-25)23-15-18(19-7-6-13-28-19)24-10-8-17(2)9-11-24/h6-7,13,17-18H,5,8-12,14-16H2,1-4H3,(H,22,23). The van der Waals surface area contributed by atoms with Crippen molar-refractivity contribution in [2.75, 3.05) is 45.0 Å². The van der Waals surface area contributed by atoms with Crippen LogP contribution >= 0.6 is 11.3 Å². The van der Waals surface area contributed by atoms with E-state index in [0.717, 1.165) is 31.5 Å². The van der Waals surface area contributed by atoms with Crippen LogP contribution < -0.4 is 5.32 Å². The number of sulfone groups is 1. The summed E-state index contributed by atoms with van der Waals surface area (Å²) in [6, 6.07) is 4.62. The molecule has 0 bridgehead atoms. The maximum atomic E-state index is 12.4. The number of hydrogen-bond acceptors (Lipinski definition) is 5. The Kier molecular flexibility index (Phi) is 7.27. The Morgan fingerprint density at radius 2 is 2.07 bits per heavy atom. The molecular weight excluding hydrogens is 404 g/mol. The molecule has 1 atom stereocenters. The fourth-order valence-electron chi connectivity index (χ4n) is 4.13. The van der Waals surface area contributed by atoms with E-state index in [4.69, 9.17) is 4.99 Å². The molecule has 0 aliphatic carbocycles. The number of hydrogen-bond donors (Lipinski definition) is 1. The SMILES string of the molecule is CCNC(=NCC(c1cccs1)N1CCC(C)CC1)N1CCS(=O)(=O)C(C)(C)C1. The van der Waals surface area contributed by atoms with Gasteiger partial charge in [-0.05, 0) is 64.1 Å². The molecule has 2 saturated heterocycles. The van der Waals surface area contributed by atoms with Crippen LogP contribution in [-0.2, 0) is 9.84 Å². The highest BCUT2D eigenvalue weighted by Crippen LogP contribution is 2.30. The lowest BCUT2D eigenvalue weighted by molar-refractivity contribution is 0.143. The summed E-state index contributed by atoms with van der Waals surface area (Å²) in [5.41, 5.74) is 0. The monoisotopic (exact) mass is 440 g/mol. The summed E-state index contributed by atoms with van der Waals surface area (Å²) < 4.78 is 24.0. The van der Waals surface area contributed by atoms with Crippen molar-refractivity contribution in [1.29, 1.82) is 0 Å². The quantitative estimate of drug-likeness (QED) is 0.563. The molecule has 0 amide bonds. The van der Waals surface area contributed by atoms with Gasteiger partial charge in [0.05, 0.1) is 23.1 Å². The van der Waals surface area contributed by atoms with Crippen molar-refractivity contribution in [2.24, 2.45) is 10.9 Å². The lowest BCUT2D eigenvalue weighted by Crippen LogP contribution is -2.57. The summed E-state index contributed by atoms with van der Waals surface area (Å²) in [6.45, 7) is 12.7. The molecule has 1 unspecified atom stereocenters. The maximum Gasteiger partial charge on any atom is 0.194 e. The number of nitrogens with one attached hydrogen (secondary N) is 1. The Hall–Kier alpha value is -1.12. The van der Waals surface area contributed by atoms with Crippen LogP contribution in [0.3, 0.4) is 0 Å². The summed E-state index contributed by atoms with van der Waals surface area (Å²) in [7, 11) is -3.06. The Morgan fingerprint density at radius 1 is 1.34 bits per heavy atom. The molecule has 2 aliphatic rings. The van der Waals surface area contributed by atoms with Crippen LogP contribution in [0.1, 0.15) is 51.5 Å². The molecule has 29 heavy (non-hydrogen) atoms. The largest absolute Gasteiger partial charge is 0.357 e. The minimum Gasteiger partial charge on any atom is -0.357 e. The molecule has 1 N–H and O–H groups in total. The van der Waals surface area contributed by atoms with Crippen molar-refractivity contribution in [1.82, 2.24) is 15.1 Å². The summed E-state index contributed by atoms with van der Waals surface area (Å²) in [4.78, 5) is 11.1. The number of thiophene rings is 1. The average molecular weight is 441 g/mol. The fourth-order valence-corrected chi connectivity index (χ4v) is 6.35. The van der Waals surface area contributed by atoms with Gasteiger partial charge in [0, 0.05) is 24.5 Å². The normalized spacial score (nSPS) is 24.4. The summed E-state index contributed by atoms with van der Waals surface area (Å²) in [6.07, 6.45) is 2.48. The van der Waals surface area contributed by atoms with Crippen LogP contribution in [-0.4, -0.2) is 73.9 Å². The number of aliphatic imine (C=N–C) groups is 1. The zero-order chi connectivity index (χ0) is 21.1. The third kappa shape index (κ3) is 5.33. The van der Waals surface area contributed by atoms with Gasteiger partial charge in [-0.3, -0.25) is 9.89 Å². The first kappa shape index (κ1) is 22.6. The van der Waals surface area contributed by atoms with Gasteiger partial charge >= 0.3 is 0 Å². The minimum atomic E-state index is -3.06. The van der Waals surface area contributed by atoms with Crippen molar-refractivity contribution in [3.63, 3.8) is 0 Å². The highest BCUT2D eigenvalue weighted by atomic mass is 32.2. The van der Waals surface area contributed by atoms with E-state index in [1.54, 1.807) is 11.3 Å². The molecule has 0 radical (unpaired) electrons. The van der Waals surface area contributed by atoms with Crippen LogP contribution in [0.5, 0.6) is 0 Å². The fraction of sp³-hybridized carbons (Fsp3) is 0.762. The second-order valence-electron chi connectivity index (χ2n) is 8.94. The van der Waals surface area contributed by atoms with Gasteiger partial charge in [0.2, 0.25) is 0 Å². The predicted octanol–water partition coefficient (Wildman–Crippen LogP) is 3.00. The first-order valence-electron chi connectivity index (χ1n) is 10.8. The molecule has 2 fully saturated rings. The third-order valence-electron chi connectivity index (χ3n) is 6.22. The van der Waals surface area contributed by atoms with Crippen LogP contribution in [0.25, 0.3) is 0 Å². The maximum absolute atomic E-state index is 12.4. The van der Waals surface area contributed by atoms with E-state index in [0.29, 0.717) is 19.6 Å². The Bertz CT molecular complexity index is 782. The van der Waals surface area contributed by atoms with E-state index in [1.165, 1.54) is 17.7 Å². The average Bonchev–Trinajstić information content (AvgIpc) is 3.19. The van der Waals surface area contributed by atoms with Crippen LogP contribution in [0, 0.1) is 5.92 Å². The van der Waals surface area contributed by atoms with Crippen molar-refractivity contribution < 1.29 is 8.42 Å². The summed E-state index contributed by atoms with van der Waals surface area (Å²) in [5, 5.41) is 5.53. The van der Waals surface area contributed by atoms with E-state index in [-0.39, 0.29) is 11.8 Å². The molecule has 2 aliphatic heterocycles. The van der Waals surface area contributed by atoms with Crippen molar-refractivity contribution >= 4 is 27.1 Å². The number of likely N-dealkylation sites (tertiary alicyclic amines) is 1. The van der Waals surface area contributed by atoms with E-state index >= 15 is 0 Å². The first-order chi connectivity index (χ1) is 13.7. The van der Waals surface area contributed by atoms with Crippen molar-refractivity contribution in [2.45, 2.75) is 51.3 Å². The predicted molar refractivity (Wildman–Crippen MR) is 122 cm³/mol. The number of rotatable bonds is 5. The molecule has 3 heterocycles. The molecule has 1 aromatic heterocycles. The van der Waals surface area contributed by atoms with E-state index in [1.807, 2.05) is 13.8 Å². The highest BCUT2D eigenvalue weighted by molar-refractivity contribution is 7.92. The Labute approximate surface area is 180 Å². The summed E-state index contributed by atoms with van der Waals surface area (Å²) in [5.74, 6) is 1.82. The number of guanidine groups is 1. The first-order valence-corrected chi connectivity index (χ1v) is 13.3. The molecule has 0 saturated carbocycles. The second kappa shape index (κ2) is 9.35. The van der Waals surface area contributed by atoms with E-state index in [9.17, 15) is 8.42 Å². The van der Waals surface area contributed by atoms with Gasteiger partial charge in [0.15, 0.2) is 15.8 Å². The molecule has 3 rings (SSSR count). The third-order valence-corrected chi connectivity index (χ3v) is 9.73. The molecule has 8 heteroatoms. The second-order valence-corrected chi connectivity index (χ2v) is 12.7. The van der Waals surface area contributed by atoms with Crippen molar-refractivity contribution in [3.8, 4) is 0 Å². The van der Waals surface area contributed by atoms with Crippen LogP contribution in [0.15, 0.2) is 22.5 Å². The van der Waals surface area contributed by atoms with Gasteiger partial charge in [-0.15, -0.1) is 11.3 Å². The molecule has 0 spiro atoms. The van der Waals surface area contributed by atoms with Gasteiger partial charge < -0.3 is 10.2 Å². The molecule has 1 aromatic rings. The smallest absolute Gasteiger partial charge is 0.194 e. The van der Waals surface area contributed by atoms with Crippen LogP contribution in [0.2, 0.25) is 0 Å². The summed E-state index contributed by atoms with van der Waals surface area (Å²) >= 11 is 1.80. The Morgan fingerprint density at radius 3 is 2.66 bits per heavy atom. The zero-order valence-corrected chi connectivity index (χ0v) is 19.9. The molecule has 164 valence electrons. The Balaban J connectivity index is 1.78. The van der Waals surface area contributed by atoms with E-state index < -0.39 is 14.6 Å². The van der Waals surface area contributed by atoms with Gasteiger partial charge in [0.1, 0.15) is 0 Å². The van der Waals surface area contributed by atoms with Crippen molar-refractivity contribution in [3.05, 3.63) is 22.4 Å². The lowest BCUT2D eigenvalue weighted by atomic mass is 9.97. The van der Waals surface area contributed by atoms with Gasteiger partial charge in [0.25, 0.3) is 0 Å². The van der Waals surface area contributed by atoms with Gasteiger partial charge in [-0.2, -0.15) is 0 Å². The number of nitrogens with zero attached hydrogens (tertiary/aromatic N) is 3. The highest BCUT2D eigenvalue weighted by Gasteiger charge is 2.41.